The highest BCUT2D eigenvalue weighted by Crippen LogP contribution is 2.39. The van der Waals surface area contributed by atoms with Crippen LogP contribution in [0.25, 0.3) is 0 Å². The number of anilines is 1. The zero-order valence-corrected chi connectivity index (χ0v) is 9.41. The van der Waals surface area contributed by atoms with Gasteiger partial charge in [0.1, 0.15) is 5.75 Å². The first-order valence-electron chi connectivity index (χ1n) is 5.28. The maximum atomic E-state index is 11.2. The zero-order valence-electron chi connectivity index (χ0n) is 9.41. The van der Waals surface area contributed by atoms with Crippen molar-refractivity contribution < 1.29 is 14.6 Å². The molecule has 0 saturated heterocycles. The van der Waals surface area contributed by atoms with Gasteiger partial charge in [-0.05, 0) is 30.5 Å². The van der Waals surface area contributed by atoms with E-state index in [1.807, 2.05) is 19.1 Å². The number of rotatable bonds is 2. The number of carboxylic acid groups (broad SMARTS) is 1. The summed E-state index contributed by atoms with van der Waals surface area (Å²) >= 11 is 0. The fourth-order valence-corrected chi connectivity index (χ4v) is 2.16. The molecule has 4 heteroatoms. The molecule has 1 aromatic carbocycles. The van der Waals surface area contributed by atoms with Crippen molar-refractivity contribution in [1.29, 1.82) is 0 Å². The van der Waals surface area contributed by atoms with Crippen molar-refractivity contribution in [1.82, 2.24) is 0 Å². The first-order valence-corrected chi connectivity index (χ1v) is 5.28. The fraction of sp³-hybridized carbons (Fsp3) is 0.417. The lowest BCUT2D eigenvalue weighted by Crippen LogP contribution is -2.23. The van der Waals surface area contributed by atoms with Gasteiger partial charge in [-0.25, -0.2) is 0 Å². The third-order valence-corrected chi connectivity index (χ3v) is 2.91. The van der Waals surface area contributed by atoms with Crippen LogP contribution >= 0.6 is 0 Å². The van der Waals surface area contributed by atoms with Crippen molar-refractivity contribution in [3.8, 4) is 5.75 Å². The van der Waals surface area contributed by atoms with E-state index < -0.39 is 11.9 Å². The Morgan fingerprint density at radius 3 is 2.94 bits per heavy atom. The number of nitrogens with one attached hydrogen (secondary N) is 1. The molecule has 1 aliphatic heterocycles. The van der Waals surface area contributed by atoms with Gasteiger partial charge >= 0.3 is 5.97 Å². The van der Waals surface area contributed by atoms with E-state index in [1.54, 1.807) is 7.11 Å². The van der Waals surface area contributed by atoms with Crippen molar-refractivity contribution in [2.75, 3.05) is 19.0 Å². The molecule has 0 radical (unpaired) electrons. The molecule has 2 rings (SSSR count). The van der Waals surface area contributed by atoms with E-state index in [9.17, 15) is 9.90 Å². The minimum Gasteiger partial charge on any atom is -0.495 e. The van der Waals surface area contributed by atoms with E-state index in [4.69, 9.17) is 4.74 Å². The highest BCUT2D eigenvalue weighted by molar-refractivity contribution is 5.82. The molecule has 0 amide bonds. The number of fused-ring (bicyclic) bond motifs is 1. The molecule has 0 spiro atoms. The second kappa shape index (κ2) is 4.04. The number of carboxylic acids is 1. The molecule has 1 heterocycles. The Morgan fingerprint density at radius 2 is 2.31 bits per heavy atom. The smallest absolute Gasteiger partial charge is 0.311 e. The van der Waals surface area contributed by atoms with Gasteiger partial charge < -0.3 is 15.2 Å². The van der Waals surface area contributed by atoms with Gasteiger partial charge in [0.05, 0.1) is 18.7 Å². The van der Waals surface area contributed by atoms with Crippen LogP contribution in [0.15, 0.2) is 12.1 Å². The zero-order chi connectivity index (χ0) is 11.7. The van der Waals surface area contributed by atoms with Crippen molar-refractivity contribution in [2.45, 2.75) is 19.3 Å². The molecule has 16 heavy (non-hydrogen) atoms. The highest BCUT2D eigenvalue weighted by Gasteiger charge is 2.28. The number of benzene rings is 1. The summed E-state index contributed by atoms with van der Waals surface area (Å²) in [4.78, 5) is 11.2. The van der Waals surface area contributed by atoms with Crippen LogP contribution in [-0.2, 0) is 4.79 Å². The molecule has 0 saturated carbocycles. The minimum absolute atomic E-state index is 0.426. The second-order valence-corrected chi connectivity index (χ2v) is 4.04. The lowest BCUT2D eigenvalue weighted by atomic mass is 9.89. The maximum Gasteiger partial charge on any atom is 0.311 e. The van der Waals surface area contributed by atoms with Crippen LogP contribution in [-0.4, -0.2) is 24.7 Å². The standard InChI is InChI=1S/C12H15NO3/c1-7-5-9-8(12(14)15)3-4-13-11(9)10(6-7)16-2/h5-6,8,13H,3-4H2,1-2H3,(H,14,15). The summed E-state index contributed by atoms with van der Waals surface area (Å²) in [5.74, 6) is -0.471. The molecule has 0 fully saturated rings. The Balaban J connectivity index is 2.55. The third kappa shape index (κ3) is 1.71. The SMILES string of the molecule is COc1cc(C)cc2c1NCCC2C(=O)O. The Labute approximate surface area is 94.2 Å². The Hall–Kier alpha value is -1.71. The number of carbonyl (C=O) groups is 1. The van der Waals surface area contributed by atoms with E-state index in [1.165, 1.54) is 0 Å². The fourth-order valence-electron chi connectivity index (χ4n) is 2.16. The van der Waals surface area contributed by atoms with E-state index >= 15 is 0 Å². The average molecular weight is 221 g/mol. The normalized spacial score (nSPS) is 18.5. The summed E-state index contributed by atoms with van der Waals surface area (Å²) in [5.41, 5.74) is 2.67. The van der Waals surface area contributed by atoms with E-state index in [-0.39, 0.29) is 0 Å². The first kappa shape index (κ1) is 10.8. The number of hydrogen-bond acceptors (Lipinski definition) is 3. The van der Waals surface area contributed by atoms with Gasteiger partial charge in [0.2, 0.25) is 0 Å². The van der Waals surface area contributed by atoms with Crippen LogP contribution in [0.3, 0.4) is 0 Å². The summed E-state index contributed by atoms with van der Waals surface area (Å²) in [6, 6.07) is 3.83. The van der Waals surface area contributed by atoms with Gasteiger partial charge in [-0.15, -0.1) is 0 Å². The van der Waals surface area contributed by atoms with Gasteiger partial charge in [-0.2, -0.15) is 0 Å². The average Bonchev–Trinajstić information content (AvgIpc) is 2.26. The number of ether oxygens (including phenoxy) is 1. The van der Waals surface area contributed by atoms with Gasteiger partial charge in [0.15, 0.2) is 0 Å². The van der Waals surface area contributed by atoms with Gasteiger partial charge in [0.25, 0.3) is 0 Å². The second-order valence-electron chi connectivity index (χ2n) is 4.04. The van der Waals surface area contributed by atoms with Crippen LogP contribution in [0.1, 0.15) is 23.5 Å². The predicted octanol–water partition coefficient (Wildman–Crippen LogP) is 1.99. The van der Waals surface area contributed by atoms with Gasteiger partial charge in [-0.1, -0.05) is 6.07 Å². The number of methoxy groups -OCH3 is 1. The molecule has 1 aliphatic rings. The predicted molar refractivity (Wildman–Crippen MR) is 61.2 cm³/mol. The van der Waals surface area contributed by atoms with E-state index in [2.05, 4.69) is 5.32 Å². The van der Waals surface area contributed by atoms with E-state index in [0.717, 1.165) is 22.6 Å². The molecular formula is C12H15NO3. The van der Waals surface area contributed by atoms with Crippen LogP contribution in [0.4, 0.5) is 5.69 Å². The Kier molecular flexibility index (Phi) is 2.73. The molecule has 1 atom stereocenters. The van der Waals surface area contributed by atoms with Crippen LogP contribution < -0.4 is 10.1 Å². The summed E-state index contributed by atoms with van der Waals surface area (Å²) < 4.78 is 5.27. The molecule has 0 aromatic heterocycles. The van der Waals surface area contributed by atoms with Crippen LogP contribution in [0.5, 0.6) is 5.75 Å². The molecule has 0 bridgehead atoms. The lowest BCUT2D eigenvalue weighted by Gasteiger charge is -2.26. The highest BCUT2D eigenvalue weighted by atomic mass is 16.5. The molecular weight excluding hydrogens is 206 g/mol. The van der Waals surface area contributed by atoms with Crippen LogP contribution in [0.2, 0.25) is 0 Å². The third-order valence-electron chi connectivity index (χ3n) is 2.91. The molecule has 1 unspecified atom stereocenters. The Morgan fingerprint density at radius 1 is 1.56 bits per heavy atom. The van der Waals surface area contributed by atoms with Crippen molar-refractivity contribution in [3.63, 3.8) is 0 Å². The van der Waals surface area contributed by atoms with Crippen molar-refractivity contribution in [3.05, 3.63) is 23.3 Å². The van der Waals surface area contributed by atoms with Crippen molar-refractivity contribution in [2.24, 2.45) is 0 Å². The number of hydrogen-bond donors (Lipinski definition) is 2. The van der Waals surface area contributed by atoms with Crippen LogP contribution in [0, 0.1) is 6.92 Å². The largest absolute Gasteiger partial charge is 0.495 e. The Bertz CT molecular complexity index is 429. The van der Waals surface area contributed by atoms with E-state index in [0.29, 0.717) is 13.0 Å². The number of aliphatic carboxylic acids is 1. The monoisotopic (exact) mass is 221 g/mol. The van der Waals surface area contributed by atoms with Crippen molar-refractivity contribution >= 4 is 11.7 Å². The topological polar surface area (TPSA) is 58.6 Å². The summed E-state index contributed by atoms with van der Waals surface area (Å²) in [6.07, 6.45) is 0.620. The molecule has 4 nitrogen and oxygen atoms in total. The quantitative estimate of drug-likeness (QED) is 0.801. The first-order chi connectivity index (χ1) is 7.63. The summed E-state index contributed by atoms with van der Waals surface area (Å²) in [5, 5.41) is 12.4. The maximum absolute atomic E-state index is 11.2. The molecule has 1 aromatic rings. The molecule has 86 valence electrons. The van der Waals surface area contributed by atoms with Gasteiger partial charge in [-0.3, -0.25) is 4.79 Å². The molecule has 0 aliphatic carbocycles. The number of aryl methyl sites for hydroxylation is 1. The summed E-state index contributed by atoms with van der Waals surface area (Å²) in [7, 11) is 1.60. The molecule has 2 N–H and O–H groups in total. The lowest BCUT2D eigenvalue weighted by molar-refractivity contribution is -0.138. The van der Waals surface area contributed by atoms with Gasteiger partial charge in [0, 0.05) is 6.54 Å². The minimum atomic E-state index is -0.768. The summed E-state index contributed by atoms with van der Waals surface area (Å²) in [6.45, 7) is 2.61.